The highest BCUT2D eigenvalue weighted by atomic mass is 16.2. The first-order valence-corrected chi connectivity index (χ1v) is 6.26. The quantitative estimate of drug-likeness (QED) is 0.775. The molecule has 104 valence electrons. The van der Waals surface area contributed by atoms with Crippen LogP contribution in [0.5, 0.6) is 0 Å². The number of hydrogen-bond acceptors (Lipinski definition) is 3. The van der Waals surface area contributed by atoms with Crippen molar-refractivity contribution in [2.24, 2.45) is 11.7 Å². The largest absolute Gasteiger partial charge is 0.326 e. The molecule has 1 atom stereocenters. The summed E-state index contributed by atoms with van der Waals surface area (Å²) in [5, 5.41) is 5.47. The Morgan fingerprint density at radius 2 is 1.84 bits per heavy atom. The van der Waals surface area contributed by atoms with Crippen LogP contribution in [0.4, 0.5) is 11.4 Å². The third-order valence-electron chi connectivity index (χ3n) is 2.84. The second kappa shape index (κ2) is 6.33. The number of hydrogen-bond donors (Lipinski definition) is 3. The molecule has 0 heterocycles. The summed E-state index contributed by atoms with van der Waals surface area (Å²) >= 11 is 0. The van der Waals surface area contributed by atoms with Gasteiger partial charge in [0.25, 0.3) is 0 Å². The molecule has 0 saturated heterocycles. The maximum atomic E-state index is 11.9. The van der Waals surface area contributed by atoms with Crippen LogP contribution >= 0.6 is 0 Å². The van der Waals surface area contributed by atoms with Gasteiger partial charge in [-0.25, -0.2) is 0 Å². The van der Waals surface area contributed by atoms with Crippen molar-refractivity contribution in [1.29, 1.82) is 0 Å². The van der Waals surface area contributed by atoms with Gasteiger partial charge in [0.2, 0.25) is 11.8 Å². The molecular weight excluding hydrogens is 242 g/mol. The molecule has 5 nitrogen and oxygen atoms in total. The number of benzene rings is 1. The zero-order valence-electron chi connectivity index (χ0n) is 11.8. The highest BCUT2D eigenvalue weighted by Gasteiger charge is 2.17. The Kier molecular flexibility index (Phi) is 5.06. The minimum Gasteiger partial charge on any atom is -0.326 e. The fourth-order valence-corrected chi connectivity index (χ4v) is 1.56. The van der Waals surface area contributed by atoms with Crippen LogP contribution in [0.15, 0.2) is 18.2 Å². The summed E-state index contributed by atoms with van der Waals surface area (Å²) in [6.07, 6.45) is 0. The van der Waals surface area contributed by atoms with E-state index in [0.29, 0.717) is 11.4 Å². The SMILES string of the molecule is CC(=O)Nc1ccc(C)c(NC(=O)[C@H](N)C(C)C)c1. The van der Waals surface area contributed by atoms with Crippen molar-refractivity contribution in [2.45, 2.75) is 33.7 Å². The highest BCUT2D eigenvalue weighted by molar-refractivity contribution is 5.96. The first-order chi connectivity index (χ1) is 8.81. The smallest absolute Gasteiger partial charge is 0.241 e. The van der Waals surface area contributed by atoms with Gasteiger partial charge >= 0.3 is 0 Å². The number of carbonyl (C=O) groups excluding carboxylic acids is 2. The van der Waals surface area contributed by atoms with Crippen molar-refractivity contribution in [2.75, 3.05) is 10.6 Å². The van der Waals surface area contributed by atoms with Crippen molar-refractivity contribution in [3.63, 3.8) is 0 Å². The zero-order chi connectivity index (χ0) is 14.6. The van der Waals surface area contributed by atoms with Crippen molar-refractivity contribution in [3.05, 3.63) is 23.8 Å². The number of nitrogens with two attached hydrogens (primary N) is 1. The van der Waals surface area contributed by atoms with Gasteiger partial charge in [0.05, 0.1) is 6.04 Å². The molecule has 0 unspecified atom stereocenters. The average molecular weight is 263 g/mol. The minimum atomic E-state index is -0.552. The van der Waals surface area contributed by atoms with E-state index in [1.807, 2.05) is 26.8 Å². The Labute approximate surface area is 113 Å². The molecule has 1 rings (SSSR count). The number of nitrogens with one attached hydrogen (secondary N) is 2. The van der Waals surface area contributed by atoms with Crippen molar-refractivity contribution in [1.82, 2.24) is 0 Å². The fourth-order valence-electron chi connectivity index (χ4n) is 1.56. The predicted octanol–water partition coefficient (Wildman–Crippen LogP) is 1.88. The summed E-state index contributed by atoms with van der Waals surface area (Å²) in [7, 11) is 0. The topological polar surface area (TPSA) is 84.2 Å². The zero-order valence-corrected chi connectivity index (χ0v) is 11.8. The van der Waals surface area contributed by atoms with Gasteiger partial charge in [0, 0.05) is 18.3 Å². The molecule has 0 aliphatic rings. The molecule has 1 aromatic carbocycles. The standard InChI is InChI=1S/C14H21N3O2/c1-8(2)13(15)14(19)17-12-7-11(16-10(4)18)6-5-9(12)3/h5-8,13H,15H2,1-4H3,(H,16,18)(H,17,19)/t13-/m1/s1. The van der Waals surface area contributed by atoms with E-state index in [1.54, 1.807) is 12.1 Å². The average Bonchev–Trinajstić information content (AvgIpc) is 2.31. The summed E-state index contributed by atoms with van der Waals surface area (Å²) in [4.78, 5) is 22.9. The summed E-state index contributed by atoms with van der Waals surface area (Å²) in [5.74, 6) is -0.308. The van der Waals surface area contributed by atoms with Crippen LogP contribution in [-0.4, -0.2) is 17.9 Å². The first-order valence-electron chi connectivity index (χ1n) is 6.26. The maximum Gasteiger partial charge on any atom is 0.241 e. The first kappa shape index (κ1) is 15.2. The molecule has 0 bridgehead atoms. The van der Waals surface area contributed by atoms with Crippen LogP contribution in [0.25, 0.3) is 0 Å². The van der Waals surface area contributed by atoms with Crippen LogP contribution in [0.1, 0.15) is 26.3 Å². The van der Waals surface area contributed by atoms with Crippen LogP contribution in [-0.2, 0) is 9.59 Å². The lowest BCUT2D eigenvalue weighted by Crippen LogP contribution is -2.39. The Balaban J connectivity index is 2.88. The molecular formula is C14H21N3O2. The third-order valence-corrected chi connectivity index (χ3v) is 2.84. The molecule has 5 heteroatoms. The molecule has 2 amide bonds. The van der Waals surface area contributed by atoms with Crippen LogP contribution < -0.4 is 16.4 Å². The second-order valence-electron chi connectivity index (χ2n) is 4.97. The highest BCUT2D eigenvalue weighted by Crippen LogP contribution is 2.20. The fraction of sp³-hybridized carbons (Fsp3) is 0.429. The van der Waals surface area contributed by atoms with Crippen molar-refractivity contribution in [3.8, 4) is 0 Å². The van der Waals surface area contributed by atoms with Gasteiger partial charge in [-0.05, 0) is 30.5 Å². The Bertz CT molecular complexity index is 484. The van der Waals surface area contributed by atoms with Crippen LogP contribution in [0.2, 0.25) is 0 Å². The van der Waals surface area contributed by atoms with Gasteiger partial charge in [0.15, 0.2) is 0 Å². The maximum absolute atomic E-state index is 11.9. The summed E-state index contributed by atoms with van der Waals surface area (Å²) < 4.78 is 0. The van der Waals surface area contributed by atoms with Gasteiger partial charge in [-0.15, -0.1) is 0 Å². The lowest BCUT2D eigenvalue weighted by molar-refractivity contribution is -0.118. The molecule has 19 heavy (non-hydrogen) atoms. The summed E-state index contributed by atoms with van der Waals surface area (Å²) in [6.45, 7) is 7.11. The van der Waals surface area contributed by atoms with Gasteiger partial charge < -0.3 is 16.4 Å². The number of amides is 2. The Morgan fingerprint density at radius 1 is 1.21 bits per heavy atom. The van der Waals surface area contributed by atoms with E-state index < -0.39 is 6.04 Å². The number of anilines is 2. The molecule has 0 aromatic heterocycles. The molecule has 0 fully saturated rings. The summed E-state index contributed by atoms with van der Waals surface area (Å²) in [5.41, 5.74) is 8.01. The van der Waals surface area contributed by atoms with E-state index in [-0.39, 0.29) is 17.7 Å². The summed E-state index contributed by atoms with van der Waals surface area (Å²) in [6, 6.07) is 4.79. The van der Waals surface area contributed by atoms with E-state index in [4.69, 9.17) is 5.73 Å². The van der Waals surface area contributed by atoms with Crippen molar-refractivity contribution >= 4 is 23.2 Å². The Hall–Kier alpha value is -1.88. The molecule has 0 aliphatic heterocycles. The molecule has 0 spiro atoms. The van der Waals surface area contributed by atoms with Crippen LogP contribution in [0, 0.1) is 12.8 Å². The van der Waals surface area contributed by atoms with Gasteiger partial charge in [0.1, 0.15) is 0 Å². The van der Waals surface area contributed by atoms with Gasteiger partial charge in [-0.1, -0.05) is 19.9 Å². The monoisotopic (exact) mass is 263 g/mol. The van der Waals surface area contributed by atoms with Gasteiger partial charge in [-0.2, -0.15) is 0 Å². The van der Waals surface area contributed by atoms with Crippen molar-refractivity contribution < 1.29 is 9.59 Å². The molecule has 0 radical (unpaired) electrons. The Morgan fingerprint density at radius 3 is 2.37 bits per heavy atom. The van der Waals surface area contributed by atoms with E-state index in [0.717, 1.165) is 5.56 Å². The minimum absolute atomic E-state index is 0.0684. The van der Waals surface area contributed by atoms with E-state index in [9.17, 15) is 9.59 Å². The predicted molar refractivity (Wildman–Crippen MR) is 76.9 cm³/mol. The van der Waals surface area contributed by atoms with E-state index >= 15 is 0 Å². The number of carbonyl (C=O) groups is 2. The third kappa shape index (κ3) is 4.37. The normalized spacial score (nSPS) is 12.1. The molecule has 0 saturated carbocycles. The number of rotatable bonds is 4. The van der Waals surface area contributed by atoms with E-state index in [1.165, 1.54) is 6.92 Å². The van der Waals surface area contributed by atoms with Gasteiger partial charge in [-0.3, -0.25) is 9.59 Å². The molecule has 4 N–H and O–H groups in total. The lowest BCUT2D eigenvalue weighted by atomic mass is 10.0. The second-order valence-corrected chi connectivity index (χ2v) is 4.97. The lowest BCUT2D eigenvalue weighted by Gasteiger charge is -2.17. The van der Waals surface area contributed by atoms with E-state index in [2.05, 4.69) is 10.6 Å². The number of aryl methyl sites for hydroxylation is 1. The van der Waals surface area contributed by atoms with Crippen LogP contribution in [0.3, 0.4) is 0 Å². The molecule has 0 aliphatic carbocycles. The molecule has 1 aromatic rings.